The number of para-hydroxylation sites is 1. The lowest BCUT2D eigenvalue weighted by Gasteiger charge is -2.15. The molecule has 146 valence electrons. The van der Waals surface area contributed by atoms with E-state index in [-0.39, 0.29) is 17.7 Å². The van der Waals surface area contributed by atoms with Gasteiger partial charge in [-0.3, -0.25) is 9.59 Å². The summed E-state index contributed by atoms with van der Waals surface area (Å²) in [4.78, 5) is 24.9. The zero-order chi connectivity index (χ0) is 19.5. The molecule has 7 heteroatoms. The lowest BCUT2D eigenvalue weighted by molar-refractivity contribution is -0.122. The number of aliphatic hydroxyl groups excluding tert-OH is 1. The Labute approximate surface area is 163 Å². The Morgan fingerprint density at radius 2 is 2.00 bits per heavy atom. The van der Waals surface area contributed by atoms with Crippen molar-refractivity contribution in [3.05, 3.63) is 59.7 Å². The molecule has 3 atom stereocenters. The number of fused-ring (bicyclic) bond motifs is 1. The molecule has 2 aromatic rings. The number of β-amino-alcohol motifs (C(OH)–C–C–N with tert-alkyl or cyclic N) is 1. The van der Waals surface area contributed by atoms with Crippen LogP contribution in [0.25, 0.3) is 0 Å². The summed E-state index contributed by atoms with van der Waals surface area (Å²) < 4.78 is 5.70. The highest BCUT2D eigenvalue weighted by molar-refractivity contribution is 5.98. The Balaban J connectivity index is 1.34. The molecule has 2 amide bonds. The highest BCUT2D eigenvalue weighted by atomic mass is 16.5. The third-order valence-electron chi connectivity index (χ3n) is 5.16. The zero-order valence-electron chi connectivity index (χ0n) is 15.4. The van der Waals surface area contributed by atoms with Gasteiger partial charge >= 0.3 is 0 Å². The van der Waals surface area contributed by atoms with Crippen LogP contribution >= 0.6 is 0 Å². The third-order valence-corrected chi connectivity index (χ3v) is 5.16. The van der Waals surface area contributed by atoms with Crippen LogP contribution in [0.4, 0.5) is 5.69 Å². The Morgan fingerprint density at radius 3 is 2.79 bits per heavy atom. The maximum atomic E-state index is 12.5. The van der Waals surface area contributed by atoms with E-state index in [2.05, 4.69) is 16.0 Å². The van der Waals surface area contributed by atoms with Gasteiger partial charge in [-0.25, -0.2) is 0 Å². The van der Waals surface area contributed by atoms with Gasteiger partial charge in [-0.1, -0.05) is 24.3 Å². The van der Waals surface area contributed by atoms with E-state index in [0.29, 0.717) is 37.3 Å². The highest BCUT2D eigenvalue weighted by Gasteiger charge is 2.29. The van der Waals surface area contributed by atoms with Crippen LogP contribution in [0.3, 0.4) is 0 Å². The molecule has 0 spiro atoms. The van der Waals surface area contributed by atoms with Crippen LogP contribution in [0.1, 0.15) is 15.9 Å². The first kappa shape index (κ1) is 18.5. The number of nitrogens with one attached hydrogen (secondary N) is 3. The molecule has 0 aliphatic carbocycles. The molecular weight excluding hydrogens is 358 g/mol. The molecular formula is C21H23N3O4. The molecule has 4 N–H and O–H groups in total. The lowest BCUT2D eigenvalue weighted by Crippen LogP contribution is -2.34. The Bertz CT molecular complexity index is 860. The van der Waals surface area contributed by atoms with Crippen molar-refractivity contribution in [3.8, 4) is 5.75 Å². The molecule has 28 heavy (non-hydrogen) atoms. The summed E-state index contributed by atoms with van der Waals surface area (Å²) in [5.74, 6) is 0.265. The summed E-state index contributed by atoms with van der Waals surface area (Å²) in [5.41, 5.74) is 2.01. The first-order valence-electron chi connectivity index (χ1n) is 9.42. The summed E-state index contributed by atoms with van der Waals surface area (Å²) in [6.07, 6.45) is -0.493. The van der Waals surface area contributed by atoms with Crippen LogP contribution in [0.5, 0.6) is 5.75 Å². The van der Waals surface area contributed by atoms with E-state index in [1.807, 2.05) is 24.3 Å². The van der Waals surface area contributed by atoms with Crippen molar-refractivity contribution in [2.45, 2.75) is 18.6 Å². The van der Waals surface area contributed by atoms with E-state index in [1.165, 1.54) is 0 Å². The second-order valence-corrected chi connectivity index (χ2v) is 7.18. The molecule has 2 aliphatic rings. The average Bonchev–Trinajstić information content (AvgIpc) is 3.32. The van der Waals surface area contributed by atoms with Crippen LogP contribution in [-0.4, -0.2) is 48.8 Å². The van der Waals surface area contributed by atoms with Crippen molar-refractivity contribution in [1.29, 1.82) is 0 Å². The van der Waals surface area contributed by atoms with E-state index < -0.39 is 12.2 Å². The summed E-state index contributed by atoms with van der Waals surface area (Å²) in [7, 11) is 0. The number of rotatable bonds is 5. The van der Waals surface area contributed by atoms with Gasteiger partial charge in [0.2, 0.25) is 0 Å². The molecule has 2 heterocycles. The predicted molar refractivity (Wildman–Crippen MR) is 104 cm³/mol. The molecule has 0 aromatic heterocycles. The third kappa shape index (κ3) is 4.00. The number of benzene rings is 2. The zero-order valence-corrected chi connectivity index (χ0v) is 15.4. The minimum Gasteiger partial charge on any atom is -0.480 e. The van der Waals surface area contributed by atoms with Crippen LogP contribution in [0.2, 0.25) is 0 Å². The number of carbonyl (C=O) groups is 2. The fraction of sp³-hybridized carbons (Fsp3) is 0.333. The van der Waals surface area contributed by atoms with Gasteiger partial charge in [0.15, 0.2) is 6.10 Å². The van der Waals surface area contributed by atoms with Gasteiger partial charge in [0.25, 0.3) is 11.8 Å². The van der Waals surface area contributed by atoms with E-state index >= 15 is 0 Å². The number of aliphatic hydroxyl groups is 1. The Kier molecular flexibility index (Phi) is 5.27. The number of carbonyl (C=O) groups excluding carboxylic acids is 2. The largest absolute Gasteiger partial charge is 0.480 e. The SMILES string of the molecule is O=C(NCC1CNCC1O)c1cccc(NC(=O)C2Cc3ccccc3O2)c1. The Hall–Kier alpha value is -2.90. The smallest absolute Gasteiger partial charge is 0.265 e. The quantitative estimate of drug-likeness (QED) is 0.618. The van der Waals surface area contributed by atoms with Crippen LogP contribution in [-0.2, 0) is 11.2 Å². The predicted octanol–water partition coefficient (Wildman–Crippen LogP) is 0.939. The molecule has 1 saturated heterocycles. The normalized spacial score (nSPS) is 23.0. The molecule has 0 bridgehead atoms. The first-order chi connectivity index (χ1) is 13.6. The summed E-state index contributed by atoms with van der Waals surface area (Å²) in [6.45, 7) is 1.63. The van der Waals surface area contributed by atoms with Gasteiger partial charge in [-0.15, -0.1) is 0 Å². The fourth-order valence-corrected chi connectivity index (χ4v) is 3.54. The van der Waals surface area contributed by atoms with Gasteiger partial charge in [-0.05, 0) is 29.8 Å². The second-order valence-electron chi connectivity index (χ2n) is 7.18. The minimum absolute atomic E-state index is 0.00739. The van der Waals surface area contributed by atoms with E-state index in [9.17, 15) is 14.7 Å². The van der Waals surface area contributed by atoms with Crippen LogP contribution in [0, 0.1) is 5.92 Å². The average molecular weight is 381 g/mol. The minimum atomic E-state index is -0.578. The fourth-order valence-electron chi connectivity index (χ4n) is 3.54. The number of hydrogen-bond donors (Lipinski definition) is 4. The monoisotopic (exact) mass is 381 g/mol. The summed E-state index contributed by atoms with van der Waals surface area (Å²) in [5, 5.41) is 18.6. The summed E-state index contributed by atoms with van der Waals surface area (Å²) in [6, 6.07) is 14.4. The van der Waals surface area contributed by atoms with E-state index in [0.717, 1.165) is 11.3 Å². The molecule has 2 aromatic carbocycles. The van der Waals surface area contributed by atoms with Crippen molar-refractivity contribution in [1.82, 2.24) is 10.6 Å². The first-order valence-corrected chi connectivity index (χ1v) is 9.42. The van der Waals surface area contributed by atoms with Gasteiger partial charge in [-0.2, -0.15) is 0 Å². The van der Waals surface area contributed by atoms with Crippen molar-refractivity contribution < 1.29 is 19.4 Å². The van der Waals surface area contributed by atoms with Crippen molar-refractivity contribution >= 4 is 17.5 Å². The number of hydrogen-bond acceptors (Lipinski definition) is 5. The van der Waals surface area contributed by atoms with Crippen molar-refractivity contribution in [2.24, 2.45) is 5.92 Å². The van der Waals surface area contributed by atoms with Gasteiger partial charge < -0.3 is 25.8 Å². The van der Waals surface area contributed by atoms with Gasteiger partial charge in [0.1, 0.15) is 5.75 Å². The number of amides is 2. The van der Waals surface area contributed by atoms with Crippen LogP contribution < -0.4 is 20.7 Å². The topological polar surface area (TPSA) is 99.7 Å². The second kappa shape index (κ2) is 8.00. The summed E-state index contributed by atoms with van der Waals surface area (Å²) >= 11 is 0. The number of ether oxygens (including phenoxy) is 1. The number of anilines is 1. The molecule has 1 fully saturated rings. The standard InChI is InChI=1S/C21H23N3O4/c25-17-12-22-10-15(17)11-23-20(26)14-5-3-6-16(8-14)24-21(27)19-9-13-4-1-2-7-18(13)28-19/h1-8,15,17,19,22,25H,9-12H2,(H,23,26)(H,24,27). The molecule has 3 unspecified atom stereocenters. The highest BCUT2D eigenvalue weighted by Crippen LogP contribution is 2.28. The molecule has 4 rings (SSSR count). The maximum Gasteiger partial charge on any atom is 0.265 e. The van der Waals surface area contributed by atoms with E-state index in [1.54, 1.807) is 24.3 Å². The van der Waals surface area contributed by atoms with Gasteiger partial charge in [0.05, 0.1) is 6.10 Å². The van der Waals surface area contributed by atoms with E-state index in [4.69, 9.17) is 4.74 Å². The van der Waals surface area contributed by atoms with Crippen LogP contribution in [0.15, 0.2) is 48.5 Å². The van der Waals surface area contributed by atoms with Crippen molar-refractivity contribution in [2.75, 3.05) is 25.0 Å². The maximum absolute atomic E-state index is 12.5. The molecule has 0 saturated carbocycles. The van der Waals surface area contributed by atoms with Crippen molar-refractivity contribution in [3.63, 3.8) is 0 Å². The molecule has 2 aliphatic heterocycles. The lowest BCUT2D eigenvalue weighted by atomic mass is 10.1. The molecule has 7 nitrogen and oxygen atoms in total. The van der Waals surface area contributed by atoms with Gasteiger partial charge in [0, 0.05) is 43.2 Å². The Morgan fingerprint density at radius 1 is 1.14 bits per heavy atom. The molecule has 0 radical (unpaired) electrons.